The number of hydrogen-bond donors (Lipinski definition) is 4. The van der Waals surface area contributed by atoms with Crippen molar-refractivity contribution in [2.75, 3.05) is 31.7 Å². The van der Waals surface area contributed by atoms with Crippen molar-refractivity contribution in [1.29, 1.82) is 0 Å². The molecule has 0 bridgehead atoms. The van der Waals surface area contributed by atoms with Gasteiger partial charge in [0, 0.05) is 24.5 Å². The van der Waals surface area contributed by atoms with Gasteiger partial charge in [-0.15, -0.1) is 0 Å². The van der Waals surface area contributed by atoms with Gasteiger partial charge in [0.05, 0.1) is 12.9 Å². The summed E-state index contributed by atoms with van der Waals surface area (Å²) in [5, 5.41) is 12.0. The third-order valence-corrected chi connectivity index (χ3v) is 7.68. The normalized spacial score (nSPS) is 13.6. The average molecular weight is 554 g/mol. The molecule has 2 aromatic carbocycles. The summed E-state index contributed by atoms with van der Waals surface area (Å²) in [5.41, 5.74) is 2.25. The van der Waals surface area contributed by atoms with Gasteiger partial charge in [-0.25, -0.2) is 9.78 Å². The molecule has 0 unspecified atom stereocenters. The predicted octanol–water partition coefficient (Wildman–Crippen LogP) is 4.07. The van der Waals surface area contributed by atoms with Gasteiger partial charge >= 0.3 is 5.97 Å². The first-order valence-corrected chi connectivity index (χ1v) is 15.2. The Bertz CT molecular complexity index is 1140. The number of benzene rings is 2. The van der Waals surface area contributed by atoms with Gasteiger partial charge in [0.2, 0.25) is 5.91 Å². The van der Waals surface area contributed by atoms with E-state index in [0.717, 1.165) is 42.8 Å². The van der Waals surface area contributed by atoms with Crippen LogP contribution in [-0.4, -0.2) is 65.6 Å². The van der Waals surface area contributed by atoms with E-state index in [1.54, 1.807) is 18.1 Å². The predicted molar refractivity (Wildman–Crippen MR) is 160 cm³/mol. The Kier molecular flexibility index (Phi) is 13.3. The van der Waals surface area contributed by atoms with Crippen molar-refractivity contribution in [3.05, 3.63) is 66.2 Å². The SMILES string of the molecule is CC[C@H](C)[C@@H](COC(=O)[C@H](CCSC)NC(=O)CNCc1cccc2ccccc12)NCCCc1cnc[nH]1. The summed E-state index contributed by atoms with van der Waals surface area (Å²) < 4.78 is 5.75. The molecule has 3 atom stereocenters. The maximum Gasteiger partial charge on any atom is 0.328 e. The van der Waals surface area contributed by atoms with Crippen LogP contribution >= 0.6 is 11.8 Å². The summed E-state index contributed by atoms with van der Waals surface area (Å²) in [6.07, 6.45) is 8.90. The Hall–Kier alpha value is -2.88. The van der Waals surface area contributed by atoms with E-state index in [1.807, 2.05) is 30.7 Å². The van der Waals surface area contributed by atoms with Gasteiger partial charge in [-0.2, -0.15) is 11.8 Å². The Morgan fingerprint density at radius 2 is 1.97 bits per heavy atom. The number of nitrogens with zero attached hydrogens (tertiary/aromatic N) is 1. The third kappa shape index (κ3) is 10.3. The molecule has 39 heavy (non-hydrogen) atoms. The quantitative estimate of drug-likeness (QED) is 0.139. The number of aromatic amines is 1. The maximum atomic E-state index is 13.0. The molecule has 0 aliphatic heterocycles. The van der Waals surface area contributed by atoms with E-state index in [-0.39, 0.29) is 31.1 Å². The minimum absolute atomic E-state index is 0.0555. The molecule has 0 saturated carbocycles. The summed E-state index contributed by atoms with van der Waals surface area (Å²) in [5.74, 6) is 0.514. The van der Waals surface area contributed by atoms with E-state index in [1.165, 1.54) is 10.8 Å². The fourth-order valence-corrected chi connectivity index (χ4v) is 4.93. The van der Waals surface area contributed by atoms with Crippen molar-refractivity contribution in [3.8, 4) is 0 Å². The first-order valence-electron chi connectivity index (χ1n) is 13.8. The molecule has 1 heterocycles. The van der Waals surface area contributed by atoms with Crippen LogP contribution in [0.3, 0.4) is 0 Å². The summed E-state index contributed by atoms with van der Waals surface area (Å²) in [6, 6.07) is 13.8. The van der Waals surface area contributed by atoms with E-state index < -0.39 is 6.04 Å². The third-order valence-electron chi connectivity index (χ3n) is 7.03. The zero-order valence-electron chi connectivity index (χ0n) is 23.4. The zero-order chi connectivity index (χ0) is 27.9. The number of H-pyrrole nitrogens is 1. The van der Waals surface area contributed by atoms with E-state index in [0.29, 0.717) is 18.9 Å². The van der Waals surface area contributed by atoms with Crippen LogP contribution in [0.15, 0.2) is 55.0 Å². The second-order valence-corrected chi connectivity index (χ2v) is 10.9. The lowest BCUT2D eigenvalue weighted by molar-refractivity contribution is -0.149. The number of imidazole rings is 1. The van der Waals surface area contributed by atoms with E-state index >= 15 is 0 Å². The standard InChI is InChI=1S/C30H43N5O3S/c1-4-22(2)28(33-15-8-12-25-18-32-21-34-25)20-38-30(37)27(14-16-39-3)35-29(36)19-31-17-24-11-7-10-23-9-5-6-13-26(23)24/h5-7,9-11,13,18,21-22,27-28,31,33H,4,8,12,14-17,19-20H2,1-3H3,(H,32,34)(H,35,36)/t22-,27-,28+/m0/s1. The van der Waals surface area contributed by atoms with Crippen LogP contribution in [0.1, 0.15) is 44.4 Å². The molecular weight excluding hydrogens is 510 g/mol. The Morgan fingerprint density at radius 1 is 1.15 bits per heavy atom. The first-order chi connectivity index (χ1) is 19.0. The fourth-order valence-electron chi connectivity index (χ4n) is 4.46. The molecule has 0 aliphatic carbocycles. The van der Waals surface area contributed by atoms with E-state index in [4.69, 9.17) is 4.74 Å². The van der Waals surface area contributed by atoms with Crippen LogP contribution in [0.4, 0.5) is 0 Å². The minimum atomic E-state index is -0.665. The van der Waals surface area contributed by atoms with Crippen LogP contribution in [0.5, 0.6) is 0 Å². The number of thioether (sulfide) groups is 1. The Labute approximate surface area is 236 Å². The number of aromatic nitrogens is 2. The average Bonchev–Trinajstić information content (AvgIpc) is 3.48. The number of amides is 1. The van der Waals surface area contributed by atoms with Crippen molar-refractivity contribution in [1.82, 2.24) is 25.9 Å². The summed E-state index contributed by atoms with van der Waals surface area (Å²) in [7, 11) is 0. The zero-order valence-corrected chi connectivity index (χ0v) is 24.2. The second-order valence-electron chi connectivity index (χ2n) is 9.90. The van der Waals surface area contributed by atoms with Gasteiger partial charge < -0.3 is 25.7 Å². The molecular formula is C30H43N5O3S. The number of esters is 1. The molecule has 9 heteroatoms. The minimum Gasteiger partial charge on any atom is -0.462 e. The highest BCUT2D eigenvalue weighted by molar-refractivity contribution is 7.98. The number of aryl methyl sites for hydroxylation is 1. The lowest BCUT2D eigenvalue weighted by atomic mass is 9.99. The van der Waals surface area contributed by atoms with Crippen molar-refractivity contribution < 1.29 is 14.3 Å². The first kappa shape index (κ1) is 30.7. The molecule has 212 valence electrons. The van der Waals surface area contributed by atoms with Crippen LogP contribution in [0, 0.1) is 5.92 Å². The van der Waals surface area contributed by atoms with Crippen LogP contribution < -0.4 is 16.0 Å². The number of rotatable bonds is 18. The van der Waals surface area contributed by atoms with Gasteiger partial charge in [-0.3, -0.25) is 4.79 Å². The number of carbonyl (C=O) groups excluding carboxylic acids is 2. The monoisotopic (exact) mass is 553 g/mol. The highest BCUT2D eigenvalue weighted by Gasteiger charge is 2.24. The number of carbonyl (C=O) groups is 2. The molecule has 0 fully saturated rings. The number of fused-ring (bicyclic) bond motifs is 1. The Morgan fingerprint density at radius 3 is 2.74 bits per heavy atom. The Balaban J connectivity index is 1.46. The summed E-state index contributed by atoms with van der Waals surface area (Å²) >= 11 is 1.64. The second kappa shape index (κ2) is 16.9. The van der Waals surface area contributed by atoms with Crippen molar-refractivity contribution in [3.63, 3.8) is 0 Å². The van der Waals surface area contributed by atoms with Crippen molar-refractivity contribution in [2.45, 2.75) is 58.2 Å². The van der Waals surface area contributed by atoms with Crippen molar-refractivity contribution in [2.24, 2.45) is 5.92 Å². The largest absolute Gasteiger partial charge is 0.462 e. The lowest BCUT2D eigenvalue weighted by Gasteiger charge is -2.25. The molecule has 0 aliphatic rings. The van der Waals surface area contributed by atoms with Crippen LogP contribution in [-0.2, 0) is 27.3 Å². The fraction of sp³-hybridized carbons (Fsp3) is 0.500. The molecule has 3 aromatic rings. The molecule has 0 saturated heterocycles. The number of ether oxygens (including phenoxy) is 1. The van der Waals surface area contributed by atoms with Crippen LogP contribution in [0.25, 0.3) is 10.8 Å². The van der Waals surface area contributed by atoms with Crippen molar-refractivity contribution >= 4 is 34.4 Å². The highest BCUT2D eigenvalue weighted by Crippen LogP contribution is 2.18. The highest BCUT2D eigenvalue weighted by atomic mass is 32.2. The molecule has 1 amide bonds. The molecule has 1 aromatic heterocycles. The van der Waals surface area contributed by atoms with Gasteiger partial charge in [-0.05, 0) is 60.1 Å². The molecule has 3 rings (SSSR count). The molecule has 0 radical (unpaired) electrons. The van der Waals surface area contributed by atoms with Gasteiger partial charge in [-0.1, -0.05) is 62.7 Å². The number of hydrogen-bond acceptors (Lipinski definition) is 7. The van der Waals surface area contributed by atoms with Gasteiger partial charge in [0.15, 0.2) is 0 Å². The lowest BCUT2D eigenvalue weighted by Crippen LogP contribution is -2.47. The summed E-state index contributed by atoms with van der Waals surface area (Å²) in [6.45, 7) is 6.09. The molecule has 4 N–H and O–H groups in total. The van der Waals surface area contributed by atoms with E-state index in [2.05, 4.69) is 64.0 Å². The number of nitrogens with one attached hydrogen (secondary N) is 4. The van der Waals surface area contributed by atoms with Gasteiger partial charge in [0.25, 0.3) is 0 Å². The topological polar surface area (TPSA) is 108 Å². The van der Waals surface area contributed by atoms with E-state index in [9.17, 15) is 9.59 Å². The van der Waals surface area contributed by atoms with Gasteiger partial charge in [0.1, 0.15) is 12.6 Å². The smallest absolute Gasteiger partial charge is 0.328 e. The van der Waals surface area contributed by atoms with Crippen LogP contribution in [0.2, 0.25) is 0 Å². The molecule has 8 nitrogen and oxygen atoms in total. The molecule has 0 spiro atoms. The maximum absolute atomic E-state index is 13.0. The summed E-state index contributed by atoms with van der Waals surface area (Å²) in [4.78, 5) is 32.9.